The minimum Gasteiger partial charge on any atom is -0.379 e. The molecule has 0 unspecified atom stereocenters. The molecule has 0 aliphatic carbocycles. The third-order valence-electron chi connectivity index (χ3n) is 3.54. The fourth-order valence-electron chi connectivity index (χ4n) is 2.09. The van der Waals surface area contributed by atoms with Gasteiger partial charge in [-0.3, -0.25) is 0 Å². The van der Waals surface area contributed by atoms with E-state index >= 15 is 0 Å². The summed E-state index contributed by atoms with van der Waals surface area (Å²) in [4.78, 5) is 0. The molecular formula is C14H17F3O. The summed E-state index contributed by atoms with van der Waals surface area (Å²) >= 11 is 0. The lowest BCUT2D eigenvalue weighted by Crippen LogP contribution is -2.57. The first kappa shape index (κ1) is 13.4. The van der Waals surface area contributed by atoms with Crippen LogP contribution in [0.15, 0.2) is 24.3 Å². The van der Waals surface area contributed by atoms with Crippen LogP contribution in [0.1, 0.15) is 31.9 Å². The van der Waals surface area contributed by atoms with Gasteiger partial charge in [0, 0.05) is 0 Å². The van der Waals surface area contributed by atoms with Gasteiger partial charge in [0.25, 0.3) is 0 Å². The first-order valence-electron chi connectivity index (χ1n) is 5.92. The van der Waals surface area contributed by atoms with E-state index in [0.29, 0.717) is 5.56 Å². The molecule has 0 bridgehead atoms. The summed E-state index contributed by atoms with van der Waals surface area (Å²) in [7, 11) is 0. The number of rotatable bonds is 1. The fraction of sp³-hybridized carbons (Fsp3) is 0.571. The molecule has 1 aliphatic rings. The number of halogens is 3. The van der Waals surface area contributed by atoms with Crippen LogP contribution in [-0.2, 0) is 15.6 Å². The van der Waals surface area contributed by atoms with E-state index in [-0.39, 0.29) is 18.6 Å². The topological polar surface area (TPSA) is 9.23 Å². The molecule has 1 nitrogen and oxygen atoms in total. The highest BCUT2D eigenvalue weighted by Crippen LogP contribution is 2.46. The number of hydrogen-bond donors (Lipinski definition) is 0. The van der Waals surface area contributed by atoms with Crippen LogP contribution in [0.2, 0.25) is 0 Å². The van der Waals surface area contributed by atoms with Crippen molar-refractivity contribution < 1.29 is 17.9 Å². The molecule has 0 radical (unpaired) electrons. The van der Waals surface area contributed by atoms with Gasteiger partial charge in [0.1, 0.15) is 5.41 Å². The van der Waals surface area contributed by atoms with Crippen LogP contribution in [0.25, 0.3) is 0 Å². The van der Waals surface area contributed by atoms with Crippen LogP contribution in [0.4, 0.5) is 13.2 Å². The Bertz CT molecular complexity index is 422. The summed E-state index contributed by atoms with van der Waals surface area (Å²) in [6, 6.07) is 6.72. The normalized spacial score (nSPS) is 19.4. The van der Waals surface area contributed by atoms with Crippen molar-refractivity contribution in [3.05, 3.63) is 35.4 Å². The monoisotopic (exact) mass is 258 g/mol. The van der Waals surface area contributed by atoms with E-state index in [1.54, 1.807) is 24.3 Å². The fourth-order valence-corrected chi connectivity index (χ4v) is 2.09. The Hall–Kier alpha value is -1.03. The van der Waals surface area contributed by atoms with Crippen LogP contribution in [0.3, 0.4) is 0 Å². The van der Waals surface area contributed by atoms with Gasteiger partial charge in [-0.05, 0) is 16.5 Å². The van der Waals surface area contributed by atoms with Crippen LogP contribution in [-0.4, -0.2) is 19.4 Å². The molecule has 0 aromatic heterocycles. The molecule has 2 rings (SSSR count). The van der Waals surface area contributed by atoms with Crippen LogP contribution < -0.4 is 0 Å². The summed E-state index contributed by atoms with van der Waals surface area (Å²) in [6.07, 6.45) is -4.26. The Morgan fingerprint density at radius 2 is 1.50 bits per heavy atom. The molecule has 1 aromatic carbocycles. The van der Waals surface area contributed by atoms with Crippen molar-refractivity contribution in [2.24, 2.45) is 0 Å². The lowest BCUT2D eigenvalue weighted by Gasteiger charge is -2.43. The zero-order valence-electron chi connectivity index (χ0n) is 10.8. The van der Waals surface area contributed by atoms with Crippen molar-refractivity contribution >= 4 is 0 Å². The molecule has 1 fully saturated rings. The van der Waals surface area contributed by atoms with E-state index in [9.17, 15) is 13.2 Å². The molecule has 0 N–H and O–H groups in total. The minimum atomic E-state index is -4.26. The highest BCUT2D eigenvalue weighted by Gasteiger charge is 2.60. The minimum absolute atomic E-state index is 0.0555. The highest BCUT2D eigenvalue weighted by molar-refractivity contribution is 5.35. The van der Waals surface area contributed by atoms with Crippen molar-refractivity contribution in [2.75, 3.05) is 13.2 Å². The van der Waals surface area contributed by atoms with Gasteiger partial charge in [-0.1, -0.05) is 45.0 Å². The van der Waals surface area contributed by atoms with Crippen LogP contribution in [0.5, 0.6) is 0 Å². The molecule has 1 aliphatic heterocycles. The van der Waals surface area contributed by atoms with Gasteiger partial charge in [-0.15, -0.1) is 0 Å². The van der Waals surface area contributed by atoms with E-state index in [4.69, 9.17) is 4.74 Å². The van der Waals surface area contributed by atoms with E-state index in [1.807, 2.05) is 20.8 Å². The van der Waals surface area contributed by atoms with Crippen LogP contribution in [0, 0.1) is 0 Å². The van der Waals surface area contributed by atoms with Gasteiger partial charge in [-0.25, -0.2) is 0 Å². The quantitative estimate of drug-likeness (QED) is 0.744. The van der Waals surface area contributed by atoms with Crippen LogP contribution >= 0.6 is 0 Å². The highest BCUT2D eigenvalue weighted by atomic mass is 19.4. The summed E-state index contributed by atoms with van der Waals surface area (Å²) in [5.74, 6) is 0. The SMILES string of the molecule is CC(C)(C)c1ccc(C2(C(F)(F)F)COC2)cc1. The van der Waals surface area contributed by atoms with E-state index in [2.05, 4.69) is 0 Å². The first-order chi connectivity index (χ1) is 8.17. The second-order valence-corrected chi connectivity index (χ2v) is 5.90. The predicted octanol–water partition coefficient (Wildman–Crippen LogP) is 3.81. The Kier molecular flexibility index (Phi) is 2.97. The summed E-state index contributed by atoms with van der Waals surface area (Å²) in [5, 5.41) is 0. The molecule has 0 saturated carbocycles. The molecule has 4 heteroatoms. The molecule has 18 heavy (non-hydrogen) atoms. The smallest absolute Gasteiger partial charge is 0.379 e. The maximum absolute atomic E-state index is 13.1. The van der Waals surface area contributed by atoms with Gasteiger partial charge in [0.05, 0.1) is 13.2 Å². The summed E-state index contributed by atoms with van der Waals surface area (Å²) in [5.41, 5.74) is -0.526. The average molecular weight is 258 g/mol. The molecule has 1 aromatic rings. The molecule has 1 saturated heterocycles. The number of hydrogen-bond acceptors (Lipinski definition) is 1. The van der Waals surface area contributed by atoms with E-state index < -0.39 is 11.6 Å². The van der Waals surface area contributed by atoms with Crippen molar-refractivity contribution in [1.29, 1.82) is 0 Å². The summed E-state index contributed by atoms with van der Waals surface area (Å²) in [6.45, 7) is 5.56. The van der Waals surface area contributed by atoms with Gasteiger partial charge < -0.3 is 4.74 Å². The Morgan fingerprint density at radius 1 is 1.00 bits per heavy atom. The Balaban J connectivity index is 2.35. The van der Waals surface area contributed by atoms with Crippen molar-refractivity contribution in [3.8, 4) is 0 Å². The molecule has 100 valence electrons. The van der Waals surface area contributed by atoms with Crippen molar-refractivity contribution in [3.63, 3.8) is 0 Å². The zero-order valence-corrected chi connectivity index (χ0v) is 10.8. The maximum atomic E-state index is 13.1. The molecular weight excluding hydrogens is 241 g/mol. The van der Waals surface area contributed by atoms with Crippen molar-refractivity contribution in [1.82, 2.24) is 0 Å². The van der Waals surface area contributed by atoms with E-state index in [1.165, 1.54) is 0 Å². The number of alkyl halides is 3. The molecule has 0 amide bonds. The third-order valence-corrected chi connectivity index (χ3v) is 3.54. The van der Waals surface area contributed by atoms with Gasteiger partial charge in [-0.2, -0.15) is 13.2 Å². The van der Waals surface area contributed by atoms with Gasteiger partial charge >= 0.3 is 6.18 Å². The molecule has 1 heterocycles. The third kappa shape index (κ3) is 2.03. The van der Waals surface area contributed by atoms with Crippen molar-refractivity contribution in [2.45, 2.75) is 37.8 Å². The van der Waals surface area contributed by atoms with E-state index in [0.717, 1.165) is 5.56 Å². The lowest BCUT2D eigenvalue weighted by atomic mass is 9.76. The van der Waals surface area contributed by atoms with Gasteiger partial charge in [0.15, 0.2) is 0 Å². The summed E-state index contributed by atoms with van der Waals surface area (Å²) < 4.78 is 44.1. The Labute approximate surface area is 105 Å². The first-order valence-corrected chi connectivity index (χ1v) is 5.92. The second-order valence-electron chi connectivity index (χ2n) is 5.90. The zero-order chi connectivity index (χ0) is 13.6. The second kappa shape index (κ2) is 3.98. The molecule has 0 spiro atoms. The predicted molar refractivity (Wildman–Crippen MR) is 63.7 cm³/mol. The lowest BCUT2D eigenvalue weighted by molar-refractivity contribution is -0.262. The Morgan fingerprint density at radius 3 is 1.78 bits per heavy atom. The number of ether oxygens (including phenoxy) is 1. The molecule has 0 atom stereocenters. The number of benzene rings is 1. The average Bonchev–Trinajstić information content (AvgIpc) is 2.12. The standard InChI is InChI=1S/C14H17F3O/c1-12(2,3)10-4-6-11(7-5-10)13(8-18-9-13)14(15,16)17/h4-7H,8-9H2,1-3H3. The largest absolute Gasteiger partial charge is 0.402 e. The van der Waals surface area contributed by atoms with Gasteiger partial charge in [0.2, 0.25) is 0 Å². The maximum Gasteiger partial charge on any atom is 0.402 e.